The first kappa shape index (κ1) is 24.9. The average molecular weight is 503 g/mol. The molecule has 2 heterocycles. The van der Waals surface area contributed by atoms with Gasteiger partial charge in [0, 0.05) is 11.3 Å². The fraction of sp³-hybridized carbons (Fsp3) is 0.161. The van der Waals surface area contributed by atoms with E-state index in [2.05, 4.69) is 35.2 Å². The smallest absolute Gasteiger partial charge is 0.263 e. The number of aromatic nitrogens is 3. The molecule has 0 amide bonds. The number of rotatable bonds is 7. The van der Waals surface area contributed by atoms with E-state index in [4.69, 9.17) is 11.1 Å². The van der Waals surface area contributed by atoms with Crippen molar-refractivity contribution in [3.63, 3.8) is 0 Å². The van der Waals surface area contributed by atoms with Crippen LogP contribution in [-0.2, 0) is 6.54 Å². The van der Waals surface area contributed by atoms with Gasteiger partial charge in [0.2, 0.25) is 0 Å². The highest BCUT2D eigenvalue weighted by Crippen LogP contribution is 2.27. The van der Waals surface area contributed by atoms with Gasteiger partial charge < -0.3 is 11.1 Å². The number of nitrogens with zero attached hydrogens (tertiary/aromatic N) is 3. The number of anilines is 2. The highest BCUT2D eigenvalue weighted by Gasteiger charge is 2.19. The van der Waals surface area contributed by atoms with Gasteiger partial charge in [-0.25, -0.2) is 9.97 Å². The van der Waals surface area contributed by atoms with Crippen LogP contribution in [0, 0.1) is 12.3 Å². The molecule has 38 heavy (non-hydrogen) atoms. The number of nitrogens with two attached hydrogens (primary N) is 1. The molecule has 4 N–H and O–H groups in total. The lowest BCUT2D eigenvalue weighted by Crippen LogP contribution is -2.25. The number of nitrogen functional groups attached to an aromatic ring is 1. The topological polar surface area (TPSA) is 110 Å². The third kappa shape index (κ3) is 4.54. The van der Waals surface area contributed by atoms with Gasteiger partial charge in [0.05, 0.1) is 28.9 Å². The Labute approximate surface area is 221 Å². The summed E-state index contributed by atoms with van der Waals surface area (Å²) < 4.78 is 1.80. The Hall–Kier alpha value is -4.78. The van der Waals surface area contributed by atoms with Crippen molar-refractivity contribution in [2.24, 2.45) is 0 Å². The minimum absolute atomic E-state index is 0.0649. The van der Waals surface area contributed by atoms with Gasteiger partial charge in [-0.1, -0.05) is 80.6 Å². The van der Waals surface area contributed by atoms with Gasteiger partial charge in [-0.15, -0.1) is 0 Å². The van der Waals surface area contributed by atoms with Crippen molar-refractivity contribution in [3.8, 4) is 5.69 Å². The maximum atomic E-state index is 14.0. The zero-order chi connectivity index (χ0) is 26.8. The molecule has 0 bridgehead atoms. The van der Waals surface area contributed by atoms with Gasteiger partial charge >= 0.3 is 0 Å². The van der Waals surface area contributed by atoms with E-state index in [-0.39, 0.29) is 29.6 Å². The predicted molar refractivity (Wildman–Crippen MR) is 155 cm³/mol. The van der Waals surface area contributed by atoms with Crippen molar-refractivity contribution < 1.29 is 0 Å². The Balaban J connectivity index is 1.64. The first-order chi connectivity index (χ1) is 18.4. The van der Waals surface area contributed by atoms with Crippen molar-refractivity contribution in [1.82, 2.24) is 14.5 Å². The van der Waals surface area contributed by atoms with Crippen LogP contribution in [0.25, 0.3) is 16.5 Å². The molecule has 0 atom stereocenters. The van der Waals surface area contributed by atoms with E-state index in [1.165, 1.54) is 6.33 Å². The molecule has 0 saturated carbocycles. The molecule has 0 spiro atoms. The number of nitrogens with one attached hydrogen (secondary N) is 2. The van der Waals surface area contributed by atoms with Crippen molar-refractivity contribution in [2.75, 3.05) is 11.1 Å². The lowest BCUT2D eigenvalue weighted by atomic mass is 9.99. The summed E-state index contributed by atoms with van der Waals surface area (Å²) in [6, 6.07) is 25.3. The zero-order valence-corrected chi connectivity index (χ0v) is 21.7. The van der Waals surface area contributed by atoms with Crippen LogP contribution in [-0.4, -0.2) is 20.2 Å². The second kappa shape index (κ2) is 10.3. The Morgan fingerprint density at radius 2 is 1.74 bits per heavy atom. The fourth-order valence-electron chi connectivity index (χ4n) is 4.87. The molecular weight excluding hydrogens is 472 g/mol. The van der Waals surface area contributed by atoms with Crippen LogP contribution >= 0.6 is 0 Å². The first-order valence-electron chi connectivity index (χ1n) is 12.6. The first-order valence-corrected chi connectivity index (χ1v) is 12.6. The number of pyridine rings is 1. The molecule has 0 aliphatic carbocycles. The third-order valence-electron chi connectivity index (χ3n) is 6.76. The number of hydrogen-bond acceptors (Lipinski definition) is 6. The predicted octanol–water partition coefficient (Wildman–Crippen LogP) is 5.82. The van der Waals surface area contributed by atoms with Crippen molar-refractivity contribution in [2.45, 2.75) is 33.2 Å². The number of aryl methyl sites for hydroxylation is 1. The molecule has 7 heteroatoms. The molecule has 0 aliphatic heterocycles. The van der Waals surface area contributed by atoms with Crippen LogP contribution in [0.1, 0.15) is 47.7 Å². The summed E-state index contributed by atoms with van der Waals surface area (Å²) in [6.07, 6.45) is 1.38. The molecule has 2 aromatic heterocycles. The lowest BCUT2D eigenvalue weighted by molar-refractivity contribution is 0.819. The highest BCUT2D eigenvalue weighted by molar-refractivity contribution is 6.16. The quantitative estimate of drug-likeness (QED) is 0.243. The second-order valence-corrected chi connectivity index (χ2v) is 9.61. The van der Waals surface area contributed by atoms with Crippen molar-refractivity contribution >= 4 is 28.1 Å². The van der Waals surface area contributed by atoms with E-state index in [0.717, 1.165) is 27.9 Å². The Morgan fingerprint density at radius 1 is 1.00 bits per heavy atom. The monoisotopic (exact) mass is 502 g/mol. The van der Waals surface area contributed by atoms with Gasteiger partial charge in [-0.05, 0) is 41.5 Å². The summed E-state index contributed by atoms with van der Waals surface area (Å²) in [7, 11) is 0. The standard InChI is InChI=1S/C31H30N6O/c1-19(2)24-14-7-8-15-25(24)37-23(16-22-13-9-10-20(3)26(22)31(37)38)17-34-30-27(29(33)35-18-36-30)28(32)21-11-5-4-6-12-21/h4-16,18-19,32H,17H2,1-3H3,(H3,33,34,35,36). The van der Waals surface area contributed by atoms with Crippen LogP contribution < -0.4 is 16.6 Å². The van der Waals surface area contributed by atoms with Gasteiger partial charge in [-0.3, -0.25) is 14.8 Å². The molecule has 3 aromatic carbocycles. The molecule has 7 nitrogen and oxygen atoms in total. The van der Waals surface area contributed by atoms with Crippen molar-refractivity contribution in [3.05, 3.63) is 123 Å². The normalized spacial score (nSPS) is 11.2. The van der Waals surface area contributed by atoms with Crippen LogP contribution in [0.15, 0.2) is 90.0 Å². The van der Waals surface area contributed by atoms with E-state index in [1.54, 1.807) is 4.57 Å². The molecule has 5 rings (SSSR count). The van der Waals surface area contributed by atoms with E-state index in [0.29, 0.717) is 22.3 Å². The number of para-hydroxylation sites is 1. The number of hydrogen-bond donors (Lipinski definition) is 3. The summed E-state index contributed by atoms with van der Waals surface area (Å²) in [5, 5.41) is 13.7. The van der Waals surface area contributed by atoms with E-state index in [1.807, 2.05) is 79.7 Å². The van der Waals surface area contributed by atoms with Gasteiger partial charge in [0.25, 0.3) is 5.56 Å². The van der Waals surface area contributed by atoms with Crippen LogP contribution in [0.4, 0.5) is 11.6 Å². The molecule has 5 aromatic rings. The Bertz CT molecular complexity index is 1710. The second-order valence-electron chi connectivity index (χ2n) is 9.61. The number of benzene rings is 3. The molecular formula is C31H30N6O. The SMILES string of the molecule is Cc1cccc2cc(CNc3ncnc(N)c3C(=N)c3ccccc3)n(-c3ccccc3C(C)C)c(=O)c12. The molecule has 190 valence electrons. The minimum atomic E-state index is -0.0649. The summed E-state index contributed by atoms with van der Waals surface area (Å²) in [6.45, 7) is 6.50. The van der Waals surface area contributed by atoms with Crippen LogP contribution in [0.2, 0.25) is 0 Å². The zero-order valence-electron chi connectivity index (χ0n) is 21.7. The third-order valence-corrected chi connectivity index (χ3v) is 6.76. The van der Waals surface area contributed by atoms with Gasteiger partial charge in [0.1, 0.15) is 18.0 Å². The Morgan fingerprint density at radius 3 is 2.50 bits per heavy atom. The van der Waals surface area contributed by atoms with Crippen LogP contribution in [0.3, 0.4) is 0 Å². The highest BCUT2D eigenvalue weighted by atomic mass is 16.1. The van der Waals surface area contributed by atoms with E-state index in [9.17, 15) is 4.79 Å². The maximum absolute atomic E-state index is 14.0. The largest absolute Gasteiger partial charge is 0.383 e. The van der Waals surface area contributed by atoms with Crippen LogP contribution in [0.5, 0.6) is 0 Å². The van der Waals surface area contributed by atoms with Gasteiger partial charge in [0.15, 0.2) is 0 Å². The van der Waals surface area contributed by atoms with E-state index >= 15 is 0 Å². The fourth-order valence-corrected chi connectivity index (χ4v) is 4.87. The lowest BCUT2D eigenvalue weighted by Gasteiger charge is -2.21. The number of fused-ring (bicyclic) bond motifs is 1. The summed E-state index contributed by atoms with van der Waals surface area (Å²) in [4.78, 5) is 22.6. The Kier molecular flexibility index (Phi) is 6.75. The molecule has 0 aliphatic rings. The van der Waals surface area contributed by atoms with E-state index < -0.39 is 0 Å². The summed E-state index contributed by atoms with van der Waals surface area (Å²) in [5.41, 5.74) is 11.2. The molecule has 0 saturated heterocycles. The van der Waals surface area contributed by atoms with Gasteiger partial charge in [-0.2, -0.15) is 0 Å². The molecule has 0 unspecified atom stereocenters. The summed E-state index contributed by atoms with van der Waals surface area (Å²) in [5.74, 6) is 0.881. The average Bonchev–Trinajstić information content (AvgIpc) is 2.92. The molecule has 0 fully saturated rings. The summed E-state index contributed by atoms with van der Waals surface area (Å²) >= 11 is 0. The molecule has 0 radical (unpaired) electrons. The minimum Gasteiger partial charge on any atom is -0.383 e. The van der Waals surface area contributed by atoms with Crippen molar-refractivity contribution in [1.29, 1.82) is 5.41 Å². The maximum Gasteiger partial charge on any atom is 0.263 e.